The molecule has 2 aliphatic carbocycles. The van der Waals surface area contributed by atoms with Crippen LogP contribution < -0.4 is 0 Å². The topological polar surface area (TPSA) is 0 Å². The van der Waals surface area contributed by atoms with Gasteiger partial charge in [0.05, 0.1) is 0 Å². The molecule has 0 unspecified atom stereocenters. The molecule has 0 radical (unpaired) electrons. The quantitative estimate of drug-likeness (QED) is 0.180. The zero-order valence-corrected chi connectivity index (χ0v) is 22.1. The molecule has 0 aliphatic heterocycles. The third-order valence-corrected chi connectivity index (χ3v) is 7.60. The largest absolute Gasteiger partial charge is 4.00 e. The number of hydrogen-bond acceptors (Lipinski definition) is 0. The fourth-order valence-electron chi connectivity index (χ4n) is 5.10. The van der Waals surface area contributed by atoms with Gasteiger partial charge in [-0.1, -0.05) is 96.0 Å². The van der Waals surface area contributed by atoms with E-state index in [1.807, 2.05) is 0 Å². The molecule has 0 nitrogen and oxygen atoms in total. The van der Waals surface area contributed by atoms with Crippen LogP contribution in [0.4, 0.5) is 0 Å². The predicted molar refractivity (Wildman–Crippen MR) is 127 cm³/mol. The van der Waals surface area contributed by atoms with E-state index in [4.69, 9.17) is 23.2 Å². The molecule has 0 bridgehead atoms. The normalized spacial score (nSPS) is 12.6. The summed E-state index contributed by atoms with van der Waals surface area (Å²) in [4.78, 5) is 0. The van der Waals surface area contributed by atoms with Crippen LogP contribution in [0.3, 0.4) is 0 Å². The first kappa shape index (κ1) is 21.2. The Morgan fingerprint density at radius 2 is 0.935 bits per heavy atom. The van der Waals surface area contributed by atoms with Crippen LogP contribution in [0.5, 0.6) is 0 Å². The van der Waals surface area contributed by atoms with E-state index in [0.717, 1.165) is 35.7 Å². The Bertz CT molecular complexity index is 1220. The minimum absolute atomic E-state index is 0. The Morgan fingerprint density at radius 1 is 0.516 bits per heavy atom. The van der Waals surface area contributed by atoms with Gasteiger partial charge in [-0.3, -0.25) is 0 Å². The van der Waals surface area contributed by atoms with Gasteiger partial charge in [0.25, 0.3) is 0 Å². The van der Waals surface area contributed by atoms with Crippen LogP contribution in [0.25, 0.3) is 22.3 Å². The van der Waals surface area contributed by atoms with Crippen LogP contribution in [0, 0.1) is 0 Å². The molecule has 0 aromatic heterocycles. The van der Waals surface area contributed by atoms with Crippen LogP contribution in [0.1, 0.15) is 33.4 Å². The van der Waals surface area contributed by atoms with Crippen molar-refractivity contribution < 1.29 is 25.8 Å². The van der Waals surface area contributed by atoms with Crippen LogP contribution in [-0.4, -0.2) is 0 Å². The van der Waals surface area contributed by atoms with Gasteiger partial charge < -0.3 is 0 Å². The molecule has 2 aliphatic rings. The molecule has 3 heteroatoms. The summed E-state index contributed by atoms with van der Waals surface area (Å²) in [6.07, 6.45) is 3.65. The third kappa shape index (κ3) is 3.46. The molecule has 4 aromatic rings. The minimum atomic E-state index is 0. The summed E-state index contributed by atoms with van der Waals surface area (Å²) in [5.41, 5.74) is 12.9. The summed E-state index contributed by atoms with van der Waals surface area (Å²) in [5, 5.41) is 1.85. The van der Waals surface area contributed by atoms with E-state index in [2.05, 4.69) is 72.8 Å². The van der Waals surface area contributed by atoms with Crippen LogP contribution in [0.2, 0.25) is 10.0 Å². The van der Waals surface area contributed by atoms with Gasteiger partial charge in [-0.25, -0.2) is 0 Å². The summed E-state index contributed by atoms with van der Waals surface area (Å²) in [6, 6.07) is 26.1. The van der Waals surface area contributed by atoms with E-state index in [0.29, 0.717) is 0 Å². The Morgan fingerprint density at radius 3 is 1.39 bits per heavy atom. The van der Waals surface area contributed by atoms with Crippen molar-refractivity contribution in [3.8, 4) is 22.3 Å². The summed E-state index contributed by atoms with van der Waals surface area (Å²) in [5.74, 6) is 0. The zero-order chi connectivity index (χ0) is 20.2. The first-order chi connectivity index (χ1) is 14.7. The van der Waals surface area contributed by atoms with Crippen molar-refractivity contribution >= 4 is 23.2 Å². The average Bonchev–Trinajstić information content (AvgIpc) is 3.34. The molecule has 0 saturated carbocycles. The number of aryl methyl sites for hydroxylation is 2. The van der Waals surface area contributed by atoms with E-state index >= 15 is 0 Å². The van der Waals surface area contributed by atoms with E-state index < -0.39 is 0 Å². The third-order valence-electron chi connectivity index (χ3n) is 6.66. The molecular weight excluding hydrogens is 586 g/mol. The molecule has 0 amide bonds. The Labute approximate surface area is 212 Å². The van der Waals surface area contributed by atoms with Gasteiger partial charge in [0.1, 0.15) is 0 Å². The van der Waals surface area contributed by atoms with Gasteiger partial charge in [0, 0.05) is 22.9 Å². The SMILES string of the molecule is Clc1c(CCc2ccc3c(c2Cl)Cc2ccccc2-3)ccc2c1Cc1ccccc1-2.[Hf+4]. The fraction of sp³-hybridized carbons (Fsp3) is 0.143. The van der Waals surface area contributed by atoms with Crippen molar-refractivity contribution in [3.63, 3.8) is 0 Å². The van der Waals surface area contributed by atoms with E-state index in [1.165, 1.54) is 55.6 Å². The summed E-state index contributed by atoms with van der Waals surface area (Å²) in [7, 11) is 0. The Balaban J connectivity index is 0.00000204. The zero-order valence-electron chi connectivity index (χ0n) is 17.0. The van der Waals surface area contributed by atoms with Crippen molar-refractivity contribution in [2.75, 3.05) is 0 Å². The molecule has 4 aromatic carbocycles. The fourth-order valence-corrected chi connectivity index (χ4v) is 5.75. The molecule has 0 heterocycles. The van der Waals surface area contributed by atoms with Crippen LogP contribution in [-0.2, 0) is 51.5 Å². The molecule has 0 saturated heterocycles. The summed E-state index contributed by atoms with van der Waals surface area (Å²) >= 11 is 13.7. The molecule has 31 heavy (non-hydrogen) atoms. The first-order valence-corrected chi connectivity index (χ1v) is 11.2. The Hall–Kier alpha value is -1.67. The van der Waals surface area contributed by atoms with E-state index in [9.17, 15) is 0 Å². The molecule has 146 valence electrons. The Kier molecular flexibility index (Phi) is 5.71. The first-order valence-electron chi connectivity index (χ1n) is 10.5. The van der Waals surface area contributed by atoms with Crippen molar-refractivity contribution in [2.45, 2.75) is 25.7 Å². The van der Waals surface area contributed by atoms with Gasteiger partial charge in [0.15, 0.2) is 0 Å². The van der Waals surface area contributed by atoms with Crippen molar-refractivity contribution in [3.05, 3.63) is 116 Å². The molecule has 0 atom stereocenters. The molecule has 0 N–H and O–H groups in total. The second-order valence-corrected chi connectivity index (χ2v) is 9.05. The molecule has 0 spiro atoms. The average molecular weight is 606 g/mol. The van der Waals surface area contributed by atoms with Gasteiger partial charge in [-0.2, -0.15) is 0 Å². The van der Waals surface area contributed by atoms with Crippen LogP contribution in [0.15, 0.2) is 72.8 Å². The maximum Gasteiger partial charge on any atom is 4.00 e. The van der Waals surface area contributed by atoms with E-state index in [1.54, 1.807) is 0 Å². The minimum Gasteiger partial charge on any atom is -0.0837 e. The maximum absolute atomic E-state index is 6.87. The summed E-state index contributed by atoms with van der Waals surface area (Å²) < 4.78 is 0. The second kappa shape index (κ2) is 8.35. The number of rotatable bonds is 3. The standard InChI is InChI=1S/C28H20Cl2.Hf/c29-27-17(11-13-23-21-7-3-1-5-19(21)15-25(23)27)9-10-18-12-14-24-22-8-4-2-6-20(22)16-26(24)28(18)30;/h1-8,11-14H,9-10,15-16H2;/q;+4. The van der Waals surface area contributed by atoms with Crippen LogP contribution >= 0.6 is 23.2 Å². The van der Waals surface area contributed by atoms with E-state index in [-0.39, 0.29) is 25.8 Å². The van der Waals surface area contributed by atoms with Gasteiger partial charge in [-0.05, 0) is 68.5 Å². The van der Waals surface area contributed by atoms with Gasteiger partial charge in [0.2, 0.25) is 0 Å². The van der Waals surface area contributed by atoms with Crippen molar-refractivity contribution in [2.24, 2.45) is 0 Å². The predicted octanol–water partition coefficient (Wildman–Crippen LogP) is 7.92. The molecule has 6 rings (SSSR count). The van der Waals surface area contributed by atoms with Gasteiger partial charge >= 0.3 is 25.8 Å². The molecule has 0 fully saturated rings. The number of halogens is 2. The second-order valence-electron chi connectivity index (χ2n) is 8.30. The summed E-state index contributed by atoms with van der Waals surface area (Å²) in [6.45, 7) is 0. The maximum atomic E-state index is 6.87. The number of benzene rings is 4. The smallest absolute Gasteiger partial charge is 0.0837 e. The molecular formula is C28H20Cl2Hf+4. The van der Waals surface area contributed by atoms with Crippen molar-refractivity contribution in [1.82, 2.24) is 0 Å². The van der Waals surface area contributed by atoms with Crippen molar-refractivity contribution in [1.29, 1.82) is 0 Å². The number of fused-ring (bicyclic) bond motifs is 6. The van der Waals surface area contributed by atoms with Gasteiger partial charge in [-0.15, -0.1) is 0 Å². The number of hydrogen-bond donors (Lipinski definition) is 0. The monoisotopic (exact) mass is 606 g/mol.